The summed E-state index contributed by atoms with van der Waals surface area (Å²) in [6, 6.07) is 5.42. The molecule has 3 heterocycles. The van der Waals surface area contributed by atoms with Gasteiger partial charge in [0, 0.05) is 32.6 Å². The van der Waals surface area contributed by atoms with Gasteiger partial charge in [-0.25, -0.2) is 4.79 Å². The van der Waals surface area contributed by atoms with Crippen LogP contribution in [0.2, 0.25) is 0 Å². The monoisotopic (exact) mass is 411 g/mol. The fourth-order valence-electron chi connectivity index (χ4n) is 3.05. The first-order valence-electron chi connectivity index (χ1n) is 8.39. The minimum absolute atomic E-state index is 0.0194. The Balaban J connectivity index is 2.33. The van der Waals surface area contributed by atoms with Crippen LogP contribution in [-0.4, -0.2) is 53.8 Å². The molecule has 2 aliphatic rings. The number of hydrogen-bond donors (Lipinski definition) is 1. The Morgan fingerprint density at radius 1 is 1.41 bits per heavy atom. The zero-order chi connectivity index (χ0) is 21.3. The second kappa shape index (κ2) is 7.81. The number of rotatable bonds is 3. The van der Waals surface area contributed by atoms with Gasteiger partial charge in [-0.2, -0.15) is 5.26 Å². The molecule has 0 unspecified atom stereocenters. The molecular weight excluding hydrogens is 394 g/mol. The molecule has 0 saturated heterocycles. The molecule has 2 N–H and O–H groups in total. The highest BCUT2D eigenvalue weighted by Crippen LogP contribution is 2.48. The fraction of sp³-hybridized carbons (Fsp3) is 0.211. The van der Waals surface area contributed by atoms with E-state index in [1.54, 1.807) is 32.4 Å². The number of fused-ring (bicyclic) bond motifs is 1. The molecule has 3 rings (SSSR count). The van der Waals surface area contributed by atoms with Crippen molar-refractivity contribution in [3.8, 4) is 6.07 Å². The number of methoxy groups -OCH3 is 1. The number of carbonyl (C=O) groups is 3. The summed E-state index contributed by atoms with van der Waals surface area (Å²) in [6.07, 6.45) is 4.17. The van der Waals surface area contributed by atoms with Crippen molar-refractivity contribution in [2.75, 3.05) is 21.2 Å². The van der Waals surface area contributed by atoms with E-state index in [-0.39, 0.29) is 26.9 Å². The molecule has 1 aromatic heterocycles. The number of aromatic nitrogens is 1. The first kappa shape index (κ1) is 20.2. The van der Waals surface area contributed by atoms with E-state index in [9.17, 15) is 19.6 Å². The third-order valence-electron chi connectivity index (χ3n) is 4.37. The predicted octanol–water partition coefficient (Wildman–Crippen LogP) is 0.805. The van der Waals surface area contributed by atoms with Crippen LogP contribution in [0, 0.1) is 11.3 Å². The number of carbonyl (C=O) groups excluding carboxylic acids is 3. The number of hydrogen-bond acceptors (Lipinski definition) is 8. The van der Waals surface area contributed by atoms with Gasteiger partial charge < -0.3 is 15.4 Å². The van der Waals surface area contributed by atoms with Gasteiger partial charge in [0.1, 0.15) is 10.7 Å². The Morgan fingerprint density at radius 3 is 2.69 bits per heavy atom. The molecule has 9 nitrogen and oxygen atoms in total. The van der Waals surface area contributed by atoms with E-state index in [4.69, 9.17) is 10.5 Å². The van der Waals surface area contributed by atoms with Gasteiger partial charge in [-0.05, 0) is 11.6 Å². The molecule has 2 amide bonds. The topological polar surface area (TPSA) is 130 Å². The van der Waals surface area contributed by atoms with E-state index >= 15 is 0 Å². The average Bonchev–Trinajstić information content (AvgIpc) is 2.72. The molecule has 0 bridgehead atoms. The maximum Gasteiger partial charge on any atom is 0.344 e. The molecule has 0 fully saturated rings. The Labute approximate surface area is 171 Å². The Morgan fingerprint density at radius 2 is 2.14 bits per heavy atom. The van der Waals surface area contributed by atoms with Crippen molar-refractivity contribution in [2.24, 2.45) is 5.73 Å². The molecular formula is C19H17N5O4S. The van der Waals surface area contributed by atoms with Crippen LogP contribution in [0.25, 0.3) is 0 Å². The number of allylic oxidation sites excluding steroid dienone is 1. The number of likely N-dealkylation sites (N-methyl/N-ethyl adjacent to an activating group) is 1. The lowest BCUT2D eigenvalue weighted by Gasteiger charge is -2.37. The van der Waals surface area contributed by atoms with E-state index in [1.807, 2.05) is 6.07 Å². The van der Waals surface area contributed by atoms with Gasteiger partial charge >= 0.3 is 5.97 Å². The van der Waals surface area contributed by atoms with Gasteiger partial charge in [-0.3, -0.25) is 19.5 Å². The molecule has 0 radical (unpaired) electrons. The lowest BCUT2D eigenvalue weighted by atomic mass is 9.83. The zero-order valence-electron chi connectivity index (χ0n) is 15.9. The van der Waals surface area contributed by atoms with Crippen molar-refractivity contribution in [3.63, 3.8) is 0 Å². The van der Waals surface area contributed by atoms with E-state index < -0.39 is 23.7 Å². The lowest BCUT2D eigenvalue weighted by Crippen LogP contribution is -2.42. The highest BCUT2D eigenvalue weighted by Gasteiger charge is 2.44. The average molecular weight is 411 g/mol. The van der Waals surface area contributed by atoms with Crippen molar-refractivity contribution >= 4 is 29.5 Å². The predicted molar refractivity (Wildman–Crippen MR) is 104 cm³/mol. The van der Waals surface area contributed by atoms with Crippen LogP contribution in [0.3, 0.4) is 0 Å². The fourth-order valence-corrected chi connectivity index (χ4v) is 4.18. The summed E-state index contributed by atoms with van der Waals surface area (Å²) in [7, 11) is 4.31. The van der Waals surface area contributed by atoms with E-state index in [0.29, 0.717) is 5.56 Å². The molecule has 0 aromatic carbocycles. The Bertz CT molecular complexity index is 1040. The number of esters is 1. The molecule has 0 saturated carbocycles. The van der Waals surface area contributed by atoms with Crippen LogP contribution in [-0.2, 0) is 19.1 Å². The minimum Gasteiger partial charge on any atom is -0.465 e. The van der Waals surface area contributed by atoms with Crippen molar-refractivity contribution in [3.05, 3.63) is 63.1 Å². The molecule has 1 atom stereocenters. The first-order valence-corrected chi connectivity index (χ1v) is 9.20. The van der Waals surface area contributed by atoms with Gasteiger partial charge in [0.25, 0.3) is 11.8 Å². The second-order valence-electron chi connectivity index (χ2n) is 6.32. The summed E-state index contributed by atoms with van der Waals surface area (Å²) in [5.74, 6) is -2.71. The lowest BCUT2D eigenvalue weighted by molar-refractivity contribution is -0.135. The summed E-state index contributed by atoms with van der Waals surface area (Å²) in [5.41, 5.74) is 6.95. The van der Waals surface area contributed by atoms with Crippen molar-refractivity contribution in [1.82, 2.24) is 14.8 Å². The van der Waals surface area contributed by atoms with Gasteiger partial charge in [-0.15, -0.1) is 0 Å². The van der Waals surface area contributed by atoms with Crippen LogP contribution in [0.1, 0.15) is 11.5 Å². The molecule has 29 heavy (non-hydrogen) atoms. The SMILES string of the molecule is COC(=O)C1=CC(=O)N2C(N)=C(C#N)[C@H](c3cccnc3)C(C(=O)N(C)C)=C2S1. The van der Waals surface area contributed by atoms with Crippen molar-refractivity contribution < 1.29 is 19.1 Å². The molecule has 10 heteroatoms. The third-order valence-corrected chi connectivity index (χ3v) is 5.47. The van der Waals surface area contributed by atoms with Gasteiger partial charge in [-0.1, -0.05) is 17.8 Å². The minimum atomic E-state index is -0.841. The standard InChI is InChI=1S/C19H17N5O4S/c1-23(2)17(26)15-14(10-5-4-6-22-9-10)11(8-20)16(21)24-13(25)7-12(19(27)28-3)29-18(15)24/h4-7,9,14H,21H2,1-3H3/t14-/m0/s1. The second-order valence-corrected chi connectivity index (χ2v) is 7.36. The van der Waals surface area contributed by atoms with E-state index in [0.717, 1.165) is 22.7 Å². The van der Waals surface area contributed by atoms with Crippen LogP contribution < -0.4 is 5.73 Å². The zero-order valence-corrected chi connectivity index (χ0v) is 16.7. The molecule has 2 aliphatic heterocycles. The van der Waals surface area contributed by atoms with Gasteiger partial charge in [0.2, 0.25) is 0 Å². The maximum atomic E-state index is 13.1. The van der Waals surface area contributed by atoms with Gasteiger partial charge in [0.05, 0.1) is 35.3 Å². The van der Waals surface area contributed by atoms with Crippen LogP contribution in [0.4, 0.5) is 0 Å². The summed E-state index contributed by atoms with van der Waals surface area (Å²) < 4.78 is 4.72. The maximum absolute atomic E-state index is 13.1. The number of amides is 2. The number of nitrogens with two attached hydrogens (primary N) is 1. The number of thioether (sulfide) groups is 1. The number of nitriles is 1. The highest BCUT2D eigenvalue weighted by molar-refractivity contribution is 8.07. The Hall–Kier alpha value is -3.58. The summed E-state index contributed by atoms with van der Waals surface area (Å²) in [5, 5.41) is 9.96. The Kier molecular flexibility index (Phi) is 5.43. The quantitative estimate of drug-likeness (QED) is 0.723. The number of pyridine rings is 1. The number of ether oxygens (including phenoxy) is 1. The van der Waals surface area contributed by atoms with E-state index in [2.05, 4.69) is 4.98 Å². The van der Waals surface area contributed by atoms with E-state index in [1.165, 1.54) is 18.2 Å². The third kappa shape index (κ3) is 3.36. The molecule has 0 aliphatic carbocycles. The molecule has 0 spiro atoms. The summed E-state index contributed by atoms with van der Waals surface area (Å²) >= 11 is 0.900. The highest BCUT2D eigenvalue weighted by atomic mass is 32.2. The van der Waals surface area contributed by atoms with Crippen molar-refractivity contribution in [1.29, 1.82) is 5.26 Å². The van der Waals surface area contributed by atoms with Gasteiger partial charge in [0.15, 0.2) is 0 Å². The smallest absolute Gasteiger partial charge is 0.344 e. The van der Waals surface area contributed by atoms with Crippen LogP contribution in [0.15, 0.2) is 57.5 Å². The number of nitrogens with zero attached hydrogens (tertiary/aromatic N) is 4. The first-order chi connectivity index (χ1) is 13.8. The van der Waals surface area contributed by atoms with Crippen LogP contribution in [0.5, 0.6) is 0 Å². The van der Waals surface area contributed by atoms with Crippen LogP contribution >= 0.6 is 11.8 Å². The molecule has 148 valence electrons. The summed E-state index contributed by atoms with van der Waals surface area (Å²) in [6.45, 7) is 0. The van der Waals surface area contributed by atoms with Crippen molar-refractivity contribution in [2.45, 2.75) is 5.92 Å². The summed E-state index contributed by atoms with van der Waals surface area (Å²) in [4.78, 5) is 44.4. The largest absolute Gasteiger partial charge is 0.465 e. The molecule has 1 aromatic rings. The normalized spacial score (nSPS) is 18.7.